The molecule has 7 nitrogen and oxygen atoms in total. The zero-order valence-electron chi connectivity index (χ0n) is 13.6. The van der Waals surface area contributed by atoms with Gasteiger partial charge in [0.25, 0.3) is 5.56 Å². The Labute approximate surface area is 130 Å². The van der Waals surface area contributed by atoms with Crippen molar-refractivity contribution in [3.63, 3.8) is 0 Å². The lowest BCUT2D eigenvalue weighted by Crippen LogP contribution is -2.36. The van der Waals surface area contributed by atoms with Crippen LogP contribution in [0.1, 0.15) is 19.8 Å². The number of amides is 2. The first-order chi connectivity index (χ1) is 10.5. The van der Waals surface area contributed by atoms with Gasteiger partial charge >= 0.3 is 6.03 Å². The van der Waals surface area contributed by atoms with E-state index < -0.39 is 0 Å². The van der Waals surface area contributed by atoms with Gasteiger partial charge in [0.15, 0.2) is 0 Å². The number of nitrogens with one attached hydrogen (secondary N) is 1. The van der Waals surface area contributed by atoms with E-state index in [-0.39, 0.29) is 17.4 Å². The molecule has 1 atom stereocenters. The van der Waals surface area contributed by atoms with Crippen LogP contribution in [0.2, 0.25) is 0 Å². The normalized spacial score (nSPS) is 18.0. The van der Waals surface area contributed by atoms with Gasteiger partial charge < -0.3 is 14.4 Å². The summed E-state index contributed by atoms with van der Waals surface area (Å²) in [6.45, 7) is 5.70. The van der Waals surface area contributed by atoms with Gasteiger partial charge in [-0.1, -0.05) is 6.92 Å². The Kier molecular flexibility index (Phi) is 5.54. The Bertz CT molecular complexity index is 571. The van der Waals surface area contributed by atoms with Crippen molar-refractivity contribution < 1.29 is 4.79 Å². The van der Waals surface area contributed by atoms with E-state index in [0.29, 0.717) is 5.92 Å². The van der Waals surface area contributed by atoms with E-state index in [9.17, 15) is 9.59 Å². The molecule has 0 aliphatic carbocycles. The lowest BCUT2D eigenvalue weighted by molar-refractivity contribution is 0.217. The molecule has 1 fully saturated rings. The number of rotatable bonds is 5. The highest BCUT2D eigenvalue weighted by Gasteiger charge is 2.27. The van der Waals surface area contributed by atoms with Gasteiger partial charge in [0.1, 0.15) is 0 Å². The molecule has 2 rings (SSSR count). The fourth-order valence-corrected chi connectivity index (χ4v) is 2.84. The summed E-state index contributed by atoms with van der Waals surface area (Å²) in [7, 11) is 3.75. The second-order valence-electron chi connectivity index (χ2n) is 5.99. The highest BCUT2D eigenvalue weighted by atomic mass is 16.2. The molecule has 1 N–H and O–H groups in total. The smallest absolute Gasteiger partial charge is 0.323 e. The zero-order chi connectivity index (χ0) is 16.1. The Morgan fingerprint density at radius 2 is 2.32 bits per heavy atom. The minimum Gasteiger partial charge on any atom is -0.324 e. The van der Waals surface area contributed by atoms with Crippen LogP contribution >= 0.6 is 0 Å². The summed E-state index contributed by atoms with van der Waals surface area (Å²) >= 11 is 0. The molecular weight excluding hydrogens is 282 g/mol. The van der Waals surface area contributed by atoms with Crippen LogP contribution in [0.4, 0.5) is 10.6 Å². The third kappa shape index (κ3) is 4.07. The molecule has 122 valence electrons. The third-order valence-corrected chi connectivity index (χ3v) is 3.99. The van der Waals surface area contributed by atoms with Crippen molar-refractivity contribution in [2.45, 2.75) is 19.8 Å². The van der Waals surface area contributed by atoms with Gasteiger partial charge in [0.05, 0.1) is 0 Å². The minimum atomic E-state index is -0.297. The van der Waals surface area contributed by atoms with Crippen LogP contribution < -0.4 is 10.9 Å². The van der Waals surface area contributed by atoms with Gasteiger partial charge in [-0.15, -0.1) is 0 Å². The second kappa shape index (κ2) is 7.40. The number of hydrogen-bond acceptors (Lipinski definition) is 4. The maximum absolute atomic E-state index is 12.2. The molecule has 1 aromatic heterocycles. The molecule has 0 saturated carbocycles. The molecule has 0 unspecified atom stereocenters. The van der Waals surface area contributed by atoms with Gasteiger partial charge in [-0.3, -0.25) is 10.1 Å². The molecular formula is C15H25N5O2. The molecule has 1 aliphatic heterocycles. The largest absolute Gasteiger partial charge is 0.324 e. The van der Waals surface area contributed by atoms with Crippen molar-refractivity contribution in [2.24, 2.45) is 13.0 Å². The summed E-state index contributed by atoms with van der Waals surface area (Å²) in [5, 5.41) is 2.62. The first-order valence-electron chi connectivity index (χ1n) is 7.77. The Hall–Kier alpha value is -1.89. The number of likely N-dealkylation sites (tertiary alicyclic amines) is 1. The second-order valence-corrected chi connectivity index (χ2v) is 5.99. The molecule has 2 heterocycles. The van der Waals surface area contributed by atoms with E-state index in [0.717, 1.165) is 39.0 Å². The lowest BCUT2D eigenvalue weighted by atomic mass is 10.1. The number of aromatic nitrogens is 2. The van der Waals surface area contributed by atoms with Crippen LogP contribution in [0, 0.1) is 5.92 Å². The van der Waals surface area contributed by atoms with Crippen LogP contribution in [0.3, 0.4) is 0 Å². The fourth-order valence-electron chi connectivity index (χ4n) is 2.84. The molecule has 0 spiro atoms. The quantitative estimate of drug-likeness (QED) is 0.880. The van der Waals surface area contributed by atoms with E-state index in [4.69, 9.17) is 0 Å². The molecule has 1 aromatic rings. The van der Waals surface area contributed by atoms with Crippen molar-refractivity contribution in [2.75, 3.05) is 38.5 Å². The highest BCUT2D eigenvalue weighted by Crippen LogP contribution is 2.17. The number of urea groups is 1. The Morgan fingerprint density at radius 1 is 1.55 bits per heavy atom. The fraction of sp³-hybridized carbons (Fsp3) is 0.667. The van der Waals surface area contributed by atoms with Gasteiger partial charge in [0.2, 0.25) is 5.82 Å². The van der Waals surface area contributed by atoms with Crippen molar-refractivity contribution >= 4 is 11.8 Å². The predicted octanol–water partition coefficient (Wildman–Crippen LogP) is 0.976. The Balaban J connectivity index is 1.89. The first kappa shape index (κ1) is 16.5. The maximum atomic E-state index is 12.2. The average Bonchev–Trinajstić information content (AvgIpc) is 2.92. The summed E-state index contributed by atoms with van der Waals surface area (Å²) in [5.41, 5.74) is -0.297. The molecule has 0 bridgehead atoms. The van der Waals surface area contributed by atoms with Gasteiger partial charge in [-0.05, 0) is 32.4 Å². The van der Waals surface area contributed by atoms with Crippen molar-refractivity contribution in [1.82, 2.24) is 19.4 Å². The SMILES string of the molecule is CCCN(C)C[C@H]1CCN(C(=O)Nc2nccn(C)c2=O)C1. The molecule has 22 heavy (non-hydrogen) atoms. The number of carbonyl (C=O) groups is 1. The van der Waals surface area contributed by atoms with Gasteiger partial charge in [-0.25, -0.2) is 9.78 Å². The number of aryl methyl sites for hydroxylation is 1. The Morgan fingerprint density at radius 3 is 3.05 bits per heavy atom. The first-order valence-corrected chi connectivity index (χ1v) is 7.77. The van der Waals surface area contributed by atoms with E-state index >= 15 is 0 Å². The van der Waals surface area contributed by atoms with Crippen molar-refractivity contribution in [3.8, 4) is 0 Å². The summed E-state index contributed by atoms with van der Waals surface area (Å²) in [6.07, 6.45) is 5.20. The molecule has 0 aromatic carbocycles. The monoisotopic (exact) mass is 307 g/mol. The maximum Gasteiger partial charge on any atom is 0.323 e. The molecule has 2 amide bonds. The summed E-state index contributed by atoms with van der Waals surface area (Å²) in [4.78, 5) is 32.1. The van der Waals surface area contributed by atoms with Crippen LogP contribution in [0.5, 0.6) is 0 Å². The summed E-state index contributed by atoms with van der Waals surface area (Å²) in [6, 6.07) is -0.239. The number of carbonyl (C=O) groups excluding carboxylic acids is 1. The van der Waals surface area contributed by atoms with E-state index in [1.165, 1.54) is 10.8 Å². The summed E-state index contributed by atoms with van der Waals surface area (Å²) in [5.74, 6) is 0.579. The van der Waals surface area contributed by atoms with E-state index in [2.05, 4.69) is 29.2 Å². The van der Waals surface area contributed by atoms with Gasteiger partial charge in [-0.2, -0.15) is 0 Å². The predicted molar refractivity (Wildman–Crippen MR) is 86.0 cm³/mol. The number of anilines is 1. The van der Waals surface area contributed by atoms with E-state index in [1.54, 1.807) is 18.1 Å². The average molecular weight is 307 g/mol. The molecule has 7 heteroatoms. The topological polar surface area (TPSA) is 70.5 Å². The zero-order valence-corrected chi connectivity index (χ0v) is 13.6. The third-order valence-electron chi connectivity index (χ3n) is 3.99. The van der Waals surface area contributed by atoms with Crippen LogP contribution in [-0.4, -0.2) is 58.6 Å². The summed E-state index contributed by atoms with van der Waals surface area (Å²) < 4.78 is 1.40. The van der Waals surface area contributed by atoms with Crippen LogP contribution in [-0.2, 0) is 7.05 Å². The van der Waals surface area contributed by atoms with Crippen molar-refractivity contribution in [1.29, 1.82) is 0 Å². The lowest BCUT2D eigenvalue weighted by Gasteiger charge is -2.21. The molecule has 1 aliphatic rings. The highest BCUT2D eigenvalue weighted by molar-refractivity contribution is 5.88. The minimum absolute atomic E-state index is 0.0848. The molecule has 0 radical (unpaired) electrons. The number of hydrogen-bond donors (Lipinski definition) is 1. The van der Waals surface area contributed by atoms with E-state index in [1.807, 2.05) is 0 Å². The molecule has 1 saturated heterocycles. The van der Waals surface area contributed by atoms with Crippen LogP contribution in [0.25, 0.3) is 0 Å². The van der Waals surface area contributed by atoms with Crippen LogP contribution in [0.15, 0.2) is 17.2 Å². The van der Waals surface area contributed by atoms with Crippen molar-refractivity contribution in [3.05, 3.63) is 22.7 Å². The number of nitrogens with zero attached hydrogens (tertiary/aromatic N) is 4. The standard InChI is InChI=1S/C15H25N5O2/c1-4-7-18(2)10-12-5-8-20(11-12)15(22)17-13-14(21)19(3)9-6-16-13/h6,9,12H,4-5,7-8,10-11H2,1-3H3,(H,16,17,22)/t12-/m1/s1. The van der Waals surface area contributed by atoms with Gasteiger partial charge in [0, 0.05) is 39.1 Å².